The molecule has 1 aromatic carbocycles. The van der Waals surface area contributed by atoms with Gasteiger partial charge in [0.1, 0.15) is 5.65 Å². The second-order valence-electron chi connectivity index (χ2n) is 3.59. The Morgan fingerprint density at radius 1 is 0.938 bits per heavy atom. The van der Waals surface area contributed by atoms with Crippen molar-refractivity contribution in [1.29, 1.82) is 0 Å². The number of hydrogen-bond acceptors (Lipinski definition) is 1. The lowest BCUT2D eigenvalue weighted by molar-refractivity contribution is 1.14. The topological polar surface area (TPSA) is 17.3 Å². The lowest BCUT2D eigenvalue weighted by Gasteiger charge is -2.02. The molecule has 2 heterocycles. The van der Waals surface area contributed by atoms with Crippen LogP contribution in [-0.2, 0) is 0 Å². The molecule has 0 spiro atoms. The van der Waals surface area contributed by atoms with Crippen LogP contribution < -0.4 is 0 Å². The lowest BCUT2D eigenvalue weighted by Crippen LogP contribution is -1.88. The Hall–Kier alpha value is -1.80. The van der Waals surface area contributed by atoms with Crippen LogP contribution in [0.4, 0.5) is 0 Å². The predicted octanol–water partition coefficient (Wildman–Crippen LogP) is 3.65. The maximum atomic E-state index is 5.85. The van der Waals surface area contributed by atoms with Gasteiger partial charge in [-0.05, 0) is 30.3 Å². The number of hydrogen-bond donors (Lipinski definition) is 0. The van der Waals surface area contributed by atoms with Gasteiger partial charge in [0.2, 0.25) is 0 Å². The third-order valence-corrected chi connectivity index (χ3v) is 2.78. The van der Waals surface area contributed by atoms with Gasteiger partial charge in [-0.15, -0.1) is 0 Å². The molecule has 0 aliphatic carbocycles. The Labute approximate surface area is 98.1 Å². The smallest absolute Gasteiger partial charge is 0.137 e. The third-order valence-electron chi connectivity index (χ3n) is 2.52. The van der Waals surface area contributed by atoms with Gasteiger partial charge in [0.25, 0.3) is 0 Å². The zero-order chi connectivity index (χ0) is 11.0. The molecule has 0 unspecified atom stereocenters. The summed E-state index contributed by atoms with van der Waals surface area (Å²) in [5.41, 5.74) is 2.99. The summed E-state index contributed by atoms with van der Waals surface area (Å²) in [4.78, 5) is 4.56. The van der Waals surface area contributed by atoms with Gasteiger partial charge in [-0.25, -0.2) is 4.98 Å². The Bertz CT molecular complexity index is 626. The first-order valence-corrected chi connectivity index (χ1v) is 5.40. The standard InChI is InChI=1S/C13H9ClN2/c14-11-5-3-10(4-6-11)12-7-9-16-8-1-2-13(16)15-12/h1-9H. The largest absolute Gasteiger partial charge is 0.309 e. The first kappa shape index (κ1) is 9.43. The zero-order valence-corrected chi connectivity index (χ0v) is 9.22. The van der Waals surface area contributed by atoms with Crippen molar-refractivity contribution < 1.29 is 0 Å². The molecule has 0 atom stereocenters. The van der Waals surface area contributed by atoms with Crippen molar-refractivity contribution in [3.05, 3.63) is 59.9 Å². The SMILES string of the molecule is Clc1ccc(-c2ccn3cccc3n2)cc1. The molecule has 0 saturated heterocycles. The van der Waals surface area contributed by atoms with Crippen molar-refractivity contribution in [3.8, 4) is 11.3 Å². The number of aromatic nitrogens is 2. The van der Waals surface area contributed by atoms with Crippen molar-refractivity contribution in [1.82, 2.24) is 9.38 Å². The molecule has 0 bridgehead atoms. The maximum Gasteiger partial charge on any atom is 0.137 e. The lowest BCUT2D eigenvalue weighted by atomic mass is 10.1. The van der Waals surface area contributed by atoms with Crippen molar-refractivity contribution in [2.75, 3.05) is 0 Å². The summed E-state index contributed by atoms with van der Waals surface area (Å²) < 4.78 is 1.99. The minimum atomic E-state index is 0.743. The molecular weight excluding hydrogens is 220 g/mol. The average molecular weight is 229 g/mol. The molecule has 2 aromatic heterocycles. The van der Waals surface area contributed by atoms with Crippen LogP contribution in [0.5, 0.6) is 0 Å². The molecular formula is C13H9ClN2. The van der Waals surface area contributed by atoms with Crippen LogP contribution in [0.1, 0.15) is 0 Å². The van der Waals surface area contributed by atoms with E-state index in [1.54, 1.807) is 0 Å². The highest BCUT2D eigenvalue weighted by Crippen LogP contribution is 2.20. The van der Waals surface area contributed by atoms with E-state index in [4.69, 9.17) is 11.6 Å². The molecule has 0 fully saturated rings. The van der Waals surface area contributed by atoms with Crippen molar-refractivity contribution in [2.45, 2.75) is 0 Å². The average Bonchev–Trinajstić information content (AvgIpc) is 2.77. The molecule has 0 radical (unpaired) electrons. The minimum absolute atomic E-state index is 0.743. The van der Waals surface area contributed by atoms with Crippen LogP contribution in [0.3, 0.4) is 0 Å². The van der Waals surface area contributed by atoms with Crippen molar-refractivity contribution >= 4 is 17.2 Å². The Morgan fingerprint density at radius 2 is 1.75 bits per heavy atom. The van der Waals surface area contributed by atoms with Crippen molar-refractivity contribution in [2.24, 2.45) is 0 Å². The molecule has 16 heavy (non-hydrogen) atoms. The van der Waals surface area contributed by atoms with Crippen LogP contribution in [0.15, 0.2) is 54.9 Å². The summed E-state index contributed by atoms with van der Waals surface area (Å²) >= 11 is 5.85. The van der Waals surface area contributed by atoms with E-state index in [2.05, 4.69) is 4.98 Å². The number of fused-ring (bicyclic) bond motifs is 1. The fourth-order valence-corrected chi connectivity index (χ4v) is 1.82. The Kier molecular flexibility index (Phi) is 2.15. The van der Waals surface area contributed by atoms with Crippen molar-refractivity contribution in [3.63, 3.8) is 0 Å². The van der Waals surface area contributed by atoms with E-state index in [0.717, 1.165) is 21.9 Å². The summed E-state index contributed by atoms with van der Waals surface area (Å²) in [5, 5.41) is 0.743. The van der Waals surface area contributed by atoms with Gasteiger partial charge in [-0.2, -0.15) is 0 Å². The number of nitrogens with zero attached hydrogens (tertiary/aromatic N) is 2. The fourth-order valence-electron chi connectivity index (χ4n) is 1.70. The first-order valence-electron chi connectivity index (χ1n) is 5.02. The number of benzene rings is 1. The van der Waals surface area contributed by atoms with Gasteiger partial charge in [-0.1, -0.05) is 23.7 Å². The fraction of sp³-hybridized carbons (Fsp3) is 0. The number of halogens is 1. The summed E-state index contributed by atoms with van der Waals surface area (Å²) in [5.74, 6) is 0. The van der Waals surface area contributed by atoms with E-state index < -0.39 is 0 Å². The zero-order valence-electron chi connectivity index (χ0n) is 8.47. The Balaban J connectivity index is 2.14. The molecule has 0 aliphatic heterocycles. The first-order chi connectivity index (χ1) is 7.83. The molecule has 3 rings (SSSR count). The van der Waals surface area contributed by atoms with Gasteiger partial charge >= 0.3 is 0 Å². The molecule has 2 nitrogen and oxygen atoms in total. The van der Waals surface area contributed by atoms with E-state index in [9.17, 15) is 0 Å². The molecule has 0 aliphatic rings. The summed E-state index contributed by atoms with van der Waals surface area (Å²) in [7, 11) is 0. The molecule has 0 amide bonds. The monoisotopic (exact) mass is 228 g/mol. The number of rotatable bonds is 1. The van der Waals surface area contributed by atoms with Crippen LogP contribution in [0.25, 0.3) is 16.9 Å². The second kappa shape index (κ2) is 3.65. The molecule has 78 valence electrons. The quantitative estimate of drug-likeness (QED) is 0.621. The van der Waals surface area contributed by atoms with Gasteiger partial charge in [0.05, 0.1) is 5.69 Å². The highest BCUT2D eigenvalue weighted by Gasteiger charge is 2.00. The van der Waals surface area contributed by atoms with Gasteiger partial charge < -0.3 is 4.40 Å². The predicted molar refractivity (Wildman–Crippen MR) is 65.6 cm³/mol. The highest BCUT2D eigenvalue weighted by molar-refractivity contribution is 6.30. The van der Waals surface area contributed by atoms with Crippen LogP contribution in [-0.4, -0.2) is 9.38 Å². The molecule has 0 N–H and O–H groups in total. The second-order valence-corrected chi connectivity index (χ2v) is 4.03. The van der Waals surface area contributed by atoms with Gasteiger partial charge in [0, 0.05) is 23.0 Å². The van der Waals surface area contributed by atoms with E-state index in [-0.39, 0.29) is 0 Å². The van der Waals surface area contributed by atoms with E-state index in [1.807, 2.05) is 59.3 Å². The summed E-state index contributed by atoms with van der Waals surface area (Å²) in [6.07, 6.45) is 3.99. The van der Waals surface area contributed by atoms with Gasteiger partial charge in [0.15, 0.2) is 0 Å². The van der Waals surface area contributed by atoms with Crippen LogP contribution in [0, 0.1) is 0 Å². The van der Waals surface area contributed by atoms with Crippen LogP contribution in [0.2, 0.25) is 5.02 Å². The Morgan fingerprint density at radius 3 is 2.56 bits per heavy atom. The maximum absolute atomic E-state index is 5.85. The molecule has 0 saturated carbocycles. The summed E-state index contributed by atoms with van der Waals surface area (Å²) in [6, 6.07) is 13.7. The normalized spacial score (nSPS) is 10.8. The van der Waals surface area contributed by atoms with Gasteiger partial charge in [-0.3, -0.25) is 0 Å². The third kappa shape index (κ3) is 1.57. The van der Waals surface area contributed by atoms with Crippen LogP contribution >= 0.6 is 11.6 Å². The van der Waals surface area contributed by atoms with E-state index in [1.165, 1.54) is 0 Å². The molecule has 3 heteroatoms. The molecule has 3 aromatic rings. The van der Waals surface area contributed by atoms with E-state index >= 15 is 0 Å². The highest BCUT2D eigenvalue weighted by atomic mass is 35.5. The summed E-state index contributed by atoms with van der Waals surface area (Å²) in [6.45, 7) is 0. The minimum Gasteiger partial charge on any atom is -0.309 e. The van der Waals surface area contributed by atoms with E-state index in [0.29, 0.717) is 0 Å².